The zero-order valence-electron chi connectivity index (χ0n) is 13.3. The minimum Gasteiger partial charge on any atom is -0.435 e. The van der Waals surface area contributed by atoms with Crippen molar-refractivity contribution in [1.82, 2.24) is 10.6 Å². The first-order valence-electron chi connectivity index (χ1n) is 7.77. The zero-order chi connectivity index (χ0) is 16.8. The van der Waals surface area contributed by atoms with Crippen molar-refractivity contribution in [2.75, 3.05) is 13.1 Å². The fourth-order valence-corrected chi connectivity index (χ4v) is 2.17. The summed E-state index contributed by atoms with van der Waals surface area (Å²) >= 11 is 0. The van der Waals surface area contributed by atoms with Gasteiger partial charge in [0.1, 0.15) is 5.75 Å². The minimum absolute atomic E-state index is 0.0668. The Balaban J connectivity index is 1.90. The van der Waals surface area contributed by atoms with Gasteiger partial charge < -0.3 is 20.5 Å². The molecule has 1 aliphatic carbocycles. The molecule has 1 aromatic rings. The Labute approximate surface area is 134 Å². The van der Waals surface area contributed by atoms with E-state index >= 15 is 0 Å². The maximum absolute atomic E-state index is 12.1. The number of aliphatic imine (C=N–C) groups is 1. The van der Waals surface area contributed by atoms with E-state index in [1.54, 1.807) is 12.1 Å². The van der Waals surface area contributed by atoms with Crippen molar-refractivity contribution in [2.24, 2.45) is 10.9 Å². The van der Waals surface area contributed by atoms with Gasteiger partial charge in [0.25, 0.3) is 0 Å². The van der Waals surface area contributed by atoms with Crippen molar-refractivity contribution in [1.29, 1.82) is 0 Å². The second-order valence-corrected chi connectivity index (χ2v) is 5.65. The van der Waals surface area contributed by atoms with Crippen LogP contribution in [0.4, 0.5) is 8.78 Å². The van der Waals surface area contributed by atoms with Gasteiger partial charge in [-0.05, 0) is 37.0 Å². The molecule has 128 valence electrons. The van der Waals surface area contributed by atoms with Gasteiger partial charge in [-0.25, -0.2) is 0 Å². The highest BCUT2D eigenvalue weighted by Gasteiger charge is 2.33. The summed E-state index contributed by atoms with van der Waals surface area (Å²) in [6, 6.07) is 6.37. The van der Waals surface area contributed by atoms with Crippen LogP contribution in [-0.2, 0) is 0 Å². The lowest BCUT2D eigenvalue weighted by Crippen LogP contribution is -2.39. The number of aliphatic hydroxyl groups excluding tert-OH is 1. The highest BCUT2D eigenvalue weighted by Crippen LogP contribution is 2.28. The molecule has 3 N–H and O–H groups in total. The maximum atomic E-state index is 12.1. The molecule has 1 saturated carbocycles. The normalized spacial score (nSPS) is 21.9. The van der Waals surface area contributed by atoms with E-state index in [1.165, 1.54) is 12.1 Å². The van der Waals surface area contributed by atoms with E-state index in [1.807, 2.05) is 6.92 Å². The molecule has 3 atom stereocenters. The number of hydrogen-bond donors (Lipinski definition) is 3. The van der Waals surface area contributed by atoms with Crippen LogP contribution in [0.5, 0.6) is 5.75 Å². The van der Waals surface area contributed by atoms with Crippen LogP contribution < -0.4 is 15.4 Å². The first-order valence-corrected chi connectivity index (χ1v) is 7.77. The minimum atomic E-state index is -2.85. The Morgan fingerprint density at radius 3 is 2.57 bits per heavy atom. The third kappa shape index (κ3) is 5.67. The van der Waals surface area contributed by atoms with Crippen LogP contribution in [0, 0.1) is 5.92 Å². The smallest absolute Gasteiger partial charge is 0.387 e. The number of guanidine groups is 1. The van der Waals surface area contributed by atoms with Gasteiger partial charge in [-0.15, -0.1) is 0 Å². The molecular formula is C16H23F2N3O2. The first-order chi connectivity index (χ1) is 11.0. The summed E-state index contributed by atoms with van der Waals surface area (Å²) in [5.41, 5.74) is 0.603. The van der Waals surface area contributed by atoms with E-state index < -0.39 is 12.7 Å². The Morgan fingerprint density at radius 2 is 2.04 bits per heavy atom. The predicted molar refractivity (Wildman–Crippen MR) is 84.7 cm³/mol. The summed E-state index contributed by atoms with van der Waals surface area (Å²) in [5.74, 6) is 1.39. The van der Waals surface area contributed by atoms with Crippen LogP contribution in [0.25, 0.3) is 0 Å². The number of nitrogens with zero attached hydrogens (tertiary/aromatic N) is 1. The number of hydrogen-bond acceptors (Lipinski definition) is 3. The molecule has 23 heavy (non-hydrogen) atoms. The Bertz CT molecular complexity index is 523. The summed E-state index contributed by atoms with van der Waals surface area (Å²) in [5, 5.41) is 16.6. The van der Waals surface area contributed by atoms with Gasteiger partial charge in [-0.1, -0.05) is 19.1 Å². The number of halogens is 2. The third-order valence-corrected chi connectivity index (χ3v) is 3.69. The molecule has 5 nitrogen and oxygen atoms in total. The molecule has 3 unspecified atom stereocenters. The van der Waals surface area contributed by atoms with Crippen LogP contribution >= 0.6 is 0 Å². The van der Waals surface area contributed by atoms with Crippen molar-refractivity contribution in [3.8, 4) is 5.75 Å². The van der Waals surface area contributed by atoms with Crippen LogP contribution in [0.2, 0.25) is 0 Å². The highest BCUT2D eigenvalue weighted by atomic mass is 19.3. The SMILES string of the molecule is CCNC(=NCC(O)c1ccc(OC(F)F)cc1)NC1CC1C. The van der Waals surface area contributed by atoms with Crippen LogP contribution in [0.1, 0.15) is 31.9 Å². The van der Waals surface area contributed by atoms with E-state index in [9.17, 15) is 13.9 Å². The molecule has 7 heteroatoms. The molecule has 2 rings (SSSR count). The van der Waals surface area contributed by atoms with Crippen molar-refractivity contribution in [2.45, 2.75) is 39.0 Å². The highest BCUT2D eigenvalue weighted by molar-refractivity contribution is 5.80. The van der Waals surface area contributed by atoms with Crippen molar-refractivity contribution in [3.63, 3.8) is 0 Å². The van der Waals surface area contributed by atoms with E-state index in [2.05, 4.69) is 27.3 Å². The number of alkyl halides is 2. The standard InChI is InChI=1S/C16H23F2N3O2/c1-3-19-16(21-13-8-10(13)2)20-9-14(22)11-4-6-12(7-5-11)23-15(17)18/h4-7,10,13-15,22H,3,8-9H2,1-2H3,(H2,19,20,21). The van der Waals surface area contributed by atoms with Gasteiger partial charge in [0.15, 0.2) is 5.96 Å². The number of benzene rings is 1. The number of nitrogens with one attached hydrogen (secondary N) is 2. The molecule has 0 amide bonds. The molecule has 1 aliphatic rings. The Kier molecular flexibility index (Phi) is 6.15. The van der Waals surface area contributed by atoms with Crippen LogP contribution in [0.15, 0.2) is 29.3 Å². The van der Waals surface area contributed by atoms with Gasteiger partial charge in [-0.2, -0.15) is 8.78 Å². The molecular weight excluding hydrogens is 304 g/mol. The lowest BCUT2D eigenvalue weighted by molar-refractivity contribution is -0.0498. The Hall–Kier alpha value is -1.89. The molecule has 0 heterocycles. The van der Waals surface area contributed by atoms with Gasteiger partial charge in [-0.3, -0.25) is 4.99 Å². The topological polar surface area (TPSA) is 65.9 Å². The summed E-state index contributed by atoms with van der Waals surface area (Å²) in [6.07, 6.45) is 0.321. The van der Waals surface area contributed by atoms with E-state index in [-0.39, 0.29) is 12.3 Å². The average Bonchev–Trinajstić information content (AvgIpc) is 3.20. The summed E-state index contributed by atoms with van der Waals surface area (Å²) in [4.78, 5) is 4.37. The fraction of sp³-hybridized carbons (Fsp3) is 0.562. The van der Waals surface area contributed by atoms with E-state index in [0.717, 1.165) is 13.0 Å². The lowest BCUT2D eigenvalue weighted by atomic mass is 10.1. The summed E-state index contributed by atoms with van der Waals surface area (Å²) in [6.45, 7) is 2.22. The molecule has 1 aromatic carbocycles. The van der Waals surface area contributed by atoms with Gasteiger partial charge in [0.2, 0.25) is 0 Å². The van der Waals surface area contributed by atoms with E-state index in [0.29, 0.717) is 23.5 Å². The molecule has 0 aliphatic heterocycles. The first kappa shape index (κ1) is 17.5. The van der Waals surface area contributed by atoms with Gasteiger partial charge >= 0.3 is 6.61 Å². The number of ether oxygens (including phenoxy) is 1. The second-order valence-electron chi connectivity index (χ2n) is 5.65. The largest absolute Gasteiger partial charge is 0.435 e. The molecule has 0 saturated heterocycles. The van der Waals surface area contributed by atoms with Crippen molar-refractivity contribution < 1.29 is 18.6 Å². The quantitative estimate of drug-likeness (QED) is 0.531. The molecule has 0 aromatic heterocycles. The zero-order valence-corrected chi connectivity index (χ0v) is 13.3. The summed E-state index contributed by atoms with van der Waals surface area (Å²) in [7, 11) is 0. The summed E-state index contributed by atoms with van der Waals surface area (Å²) < 4.78 is 28.5. The molecule has 0 bridgehead atoms. The average molecular weight is 327 g/mol. The number of aliphatic hydroxyl groups is 1. The molecule has 0 spiro atoms. The van der Waals surface area contributed by atoms with E-state index in [4.69, 9.17) is 0 Å². The lowest BCUT2D eigenvalue weighted by Gasteiger charge is -2.13. The van der Waals surface area contributed by atoms with Gasteiger partial charge in [0.05, 0.1) is 12.6 Å². The van der Waals surface area contributed by atoms with Crippen LogP contribution in [0.3, 0.4) is 0 Å². The maximum Gasteiger partial charge on any atom is 0.387 e. The molecule has 1 fully saturated rings. The molecule has 0 radical (unpaired) electrons. The van der Waals surface area contributed by atoms with Crippen LogP contribution in [-0.4, -0.2) is 36.8 Å². The van der Waals surface area contributed by atoms with Crippen molar-refractivity contribution in [3.05, 3.63) is 29.8 Å². The predicted octanol–water partition coefficient (Wildman–Crippen LogP) is 2.28. The number of rotatable bonds is 7. The fourth-order valence-electron chi connectivity index (χ4n) is 2.17. The third-order valence-electron chi connectivity index (χ3n) is 3.69. The monoisotopic (exact) mass is 327 g/mol. The van der Waals surface area contributed by atoms with Crippen molar-refractivity contribution >= 4 is 5.96 Å². The second kappa shape index (κ2) is 8.10. The Morgan fingerprint density at radius 1 is 1.39 bits per heavy atom. The van der Waals surface area contributed by atoms with Gasteiger partial charge in [0, 0.05) is 12.6 Å².